The van der Waals surface area contributed by atoms with Crippen LogP contribution < -0.4 is 0 Å². The molecule has 0 aliphatic rings. The van der Waals surface area contributed by atoms with Crippen molar-refractivity contribution in [2.75, 3.05) is 6.61 Å². The molecule has 0 saturated heterocycles. The molecule has 0 atom stereocenters. The topological polar surface area (TPSA) is 43.4 Å². The van der Waals surface area contributed by atoms with Crippen LogP contribution in [0, 0.1) is 0 Å². The predicted molar refractivity (Wildman–Crippen MR) is 54.9 cm³/mol. The number of Topliss-reactive ketones (excluding diaryl/α,β-unsaturated/α-hetero) is 1. The predicted octanol–water partition coefficient (Wildman–Crippen LogP) is 2.26. The van der Waals surface area contributed by atoms with Gasteiger partial charge in [0.05, 0.1) is 6.61 Å². The summed E-state index contributed by atoms with van der Waals surface area (Å²) in [4.78, 5) is 22.0. The van der Waals surface area contributed by atoms with Crippen LogP contribution in [0.1, 0.15) is 39.5 Å². The van der Waals surface area contributed by atoms with E-state index < -0.39 is 0 Å². The third-order valence-corrected chi connectivity index (χ3v) is 1.72. The minimum absolute atomic E-state index is 0.174. The summed E-state index contributed by atoms with van der Waals surface area (Å²) in [6, 6.07) is 0. The fourth-order valence-corrected chi connectivity index (χ4v) is 1.01. The number of ketones is 1. The van der Waals surface area contributed by atoms with Crippen molar-refractivity contribution in [1.82, 2.24) is 0 Å². The van der Waals surface area contributed by atoms with Gasteiger partial charge in [0.25, 0.3) is 0 Å². The molecule has 3 heteroatoms. The van der Waals surface area contributed by atoms with Gasteiger partial charge in [-0.3, -0.25) is 9.59 Å². The van der Waals surface area contributed by atoms with Crippen molar-refractivity contribution in [2.45, 2.75) is 39.5 Å². The Bertz CT molecular complexity index is 207. The molecule has 0 rings (SSSR count). The molecule has 0 heterocycles. The minimum Gasteiger partial charge on any atom is -0.466 e. The Morgan fingerprint density at radius 1 is 1.29 bits per heavy atom. The van der Waals surface area contributed by atoms with E-state index in [1.54, 1.807) is 6.92 Å². The van der Waals surface area contributed by atoms with E-state index in [4.69, 9.17) is 4.74 Å². The lowest BCUT2D eigenvalue weighted by atomic mass is 10.1. The highest BCUT2D eigenvalue weighted by atomic mass is 16.5. The normalized spacial score (nSPS) is 10.4. The maximum Gasteiger partial charge on any atom is 0.305 e. The van der Waals surface area contributed by atoms with Crippen LogP contribution in [-0.4, -0.2) is 18.4 Å². The van der Waals surface area contributed by atoms with Gasteiger partial charge in [0.15, 0.2) is 0 Å². The largest absolute Gasteiger partial charge is 0.466 e. The molecule has 0 aromatic carbocycles. The summed E-state index contributed by atoms with van der Waals surface area (Å²) in [6.07, 6.45) is 5.54. The lowest BCUT2D eigenvalue weighted by molar-refractivity contribution is -0.143. The van der Waals surface area contributed by atoms with E-state index >= 15 is 0 Å². The van der Waals surface area contributed by atoms with Crippen molar-refractivity contribution in [1.29, 1.82) is 0 Å². The first kappa shape index (κ1) is 12.9. The van der Waals surface area contributed by atoms with Gasteiger partial charge in [-0.1, -0.05) is 12.2 Å². The molecule has 0 amide bonds. The van der Waals surface area contributed by atoms with Gasteiger partial charge in [-0.2, -0.15) is 0 Å². The van der Waals surface area contributed by atoms with E-state index in [0.29, 0.717) is 32.3 Å². The molecule has 0 saturated carbocycles. The fourth-order valence-electron chi connectivity index (χ4n) is 1.01. The Morgan fingerprint density at radius 3 is 2.57 bits per heavy atom. The number of carbonyl (C=O) groups excluding carboxylic acids is 2. The van der Waals surface area contributed by atoms with Crippen LogP contribution in [0.25, 0.3) is 0 Å². The number of carbonyl (C=O) groups is 2. The van der Waals surface area contributed by atoms with Crippen LogP contribution in [0.15, 0.2) is 12.2 Å². The van der Waals surface area contributed by atoms with Crippen LogP contribution in [0.5, 0.6) is 0 Å². The number of rotatable bonds is 7. The molecule has 0 aliphatic heterocycles. The molecule has 0 aliphatic carbocycles. The molecule has 0 aromatic heterocycles. The monoisotopic (exact) mass is 198 g/mol. The molecule has 0 unspecified atom stereocenters. The van der Waals surface area contributed by atoms with Crippen molar-refractivity contribution < 1.29 is 14.3 Å². The van der Waals surface area contributed by atoms with Crippen molar-refractivity contribution >= 4 is 11.8 Å². The quantitative estimate of drug-likeness (QED) is 0.465. The molecule has 0 aromatic rings. The van der Waals surface area contributed by atoms with E-state index in [9.17, 15) is 9.59 Å². The van der Waals surface area contributed by atoms with Gasteiger partial charge in [-0.15, -0.1) is 0 Å². The number of hydrogen-bond acceptors (Lipinski definition) is 3. The average molecular weight is 198 g/mol. The summed E-state index contributed by atoms with van der Waals surface area (Å²) in [5.74, 6) is -0.0428. The molecule has 0 N–H and O–H groups in total. The Hall–Kier alpha value is -1.12. The molecular formula is C11H18O3. The molecule has 0 radical (unpaired) electrons. The molecule has 0 fully saturated rings. The zero-order valence-corrected chi connectivity index (χ0v) is 8.91. The van der Waals surface area contributed by atoms with Gasteiger partial charge in [-0.25, -0.2) is 0 Å². The van der Waals surface area contributed by atoms with Gasteiger partial charge in [0.1, 0.15) is 5.78 Å². The van der Waals surface area contributed by atoms with Crippen molar-refractivity contribution in [3.8, 4) is 0 Å². The molecule has 3 nitrogen and oxygen atoms in total. The summed E-state index contributed by atoms with van der Waals surface area (Å²) in [7, 11) is 0. The highest BCUT2D eigenvalue weighted by Gasteiger charge is 2.04. The number of allylic oxidation sites excluding steroid dienone is 2. The third kappa shape index (κ3) is 7.53. The second-order valence-electron chi connectivity index (χ2n) is 2.97. The first-order chi connectivity index (χ1) is 6.70. The van der Waals surface area contributed by atoms with Crippen LogP contribution in [0.3, 0.4) is 0 Å². The van der Waals surface area contributed by atoms with E-state index in [-0.39, 0.29) is 11.8 Å². The molecule has 14 heavy (non-hydrogen) atoms. The summed E-state index contributed by atoms with van der Waals surface area (Å²) < 4.78 is 4.74. The third-order valence-electron chi connectivity index (χ3n) is 1.72. The zero-order valence-electron chi connectivity index (χ0n) is 8.91. The fraction of sp³-hybridized carbons (Fsp3) is 0.636. The van der Waals surface area contributed by atoms with Crippen LogP contribution >= 0.6 is 0 Å². The highest BCUT2D eigenvalue weighted by molar-refractivity contribution is 5.80. The van der Waals surface area contributed by atoms with Crippen molar-refractivity contribution in [3.05, 3.63) is 12.2 Å². The average Bonchev–Trinajstić information content (AvgIpc) is 2.15. The van der Waals surface area contributed by atoms with Crippen molar-refractivity contribution in [2.24, 2.45) is 0 Å². The lowest BCUT2D eigenvalue weighted by Gasteiger charge is -2.00. The van der Waals surface area contributed by atoms with Gasteiger partial charge < -0.3 is 4.74 Å². The number of hydrogen-bond donors (Lipinski definition) is 0. The zero-order chi connectivity index (χ0) is 10.8. The smallest absolute Gasteiger partial charge is 0.305 e. The second kappa shape index (κ2) is 8.48. The Morgan fingerprint density at radius 2 is 2.00 bits per heavy atom. The Kier molecular flexibility index (Phi) is 7.80. The van der Waals surface area contributed by atoms with E-state index in [1.807, 2.05) is 19.1 Å². The number of esters is 1. The molecule has 0 bridgehead atoms. The maximum absolute atomic E-state index is 11.1. The van der Waals surface area contributed by atoms with Gasteiger partial charge in [-0.05, 0) is 20.3 Å². The van der Waals surface area contributed by atoms with E-state index in [2.05, 4.69) is 0 Å². The molecule has 80 valence electrons. The van der Waals surface area contributed by atoms with Gasteiger partial charge in [0.2, 0.25) is 0 Å². The van der Waals surface area contributed by atoms with Crippen LogP contribution in [0.2, 0.25) is 0 Å². The van der Waals surface area contributed by atoms with Crippen molar-refractivity contribution in [3.63, 3.8) is 0 Å². The first-order valence-corrected chi connectivity index (χ1v) is 4.99. The van der Waals surface area contributed by atoms with E-state index in [1.165, 1.54) is 0 Å². The summed E-state index contributed by atoms with van der Waals surface area (Å²) in [5, 5.41) is 0. The summed E-state index contributed by atoms with van der Waals surface area (Å²) in [5.41, 5.74) is 0. The minimum atomic E-state index is -0.216. The molecule has 0 spiro atoms. The SMILES string of the molecule is C/C=C/CC(=O)CCCC(=O)OCC. The lowest BCUT2D eigenvalue weighted by Crippen LogP contribution is -2.05. The Labute approximate surface area is 85.1 Å². The van der Waals surface area contributed by atoms with Crippen LogP contribution in [0.4, 0.5) is 0 Å². The number of ether oxygens (including phenoxy) is 1. The maximum atomic E-state index is 11.1. The standard InChI is InChI=1S/C11H18O3/c1-3-5-7-10(12)8-6-9-11(13)14-4-2/h3,5H,4,6-9H2,1-2H3/b5-3+. The Balaban J connectivity index is 3.44. The van der Waals surface area contributed by atoms with Gasteiger partial charge >= 0.3 is 5.97 Å². The molecular weight excluding hydrogens is 180 g/mol. The summed E-state index contributed by atoms with van der Waals surface area (Å²) >= 11 is 0. The first-order valence-electron chi connectivity index (χ1n) is 4.99. The van der Waals surface area contributed by atoms with Gasteiger partial charge in [0, 0.05) is 19.3 Å². The van der Waals surface area contributed by atoms with E-state index in [0.717, 1.165) is 0 Å². The van der Waals surface area contributed by atoms with Crippen LogP contribution in [-0.2, 0) is 14.3 Å². The second-order valence-corrected chi connectivity index (χ2v) is 2.97. The summed E-state index contributed by atoms with van der Waals surface area (Å²) in [6.45, 7) is 4.06. The highest BCUT2D eigenvalue weighted by Crippen LogP contribution is 2.01.